The van der Waals surface area contributed by atoms with Gasteiger partial charge in [-0.2, -0.15) is 5.10 Å². The van der Waals surface area contributed by atoms with E-state index in [-0.39, 0.29) is 0 Å². The average molecular weight is 404 g/mol. The number of para-hydroxylation sites is 1. The van der Waals surface area contributed by atoms with Crippen LogP contribution in [-0.2, 0) is 0 Å². The highest BCUT2D eigenvalue weighted by atomic mass is 15.1. The van der Waals surface area contributed by atoms with Crippen molar-refractivity contribution in [3.05, 3.63) is 73.4 Å². The molecule has 0 saturated heterocycles. The van der Waals surface area contributed by atoms with Crippen LogP contribution in [0.5, 0.6) is 0 Å². The zero-order valence-corrected chi connectivity index (χ0v) is 16.2. The lowest BCUT2D eigenvalue weighted by molar-refractivity contribution is 1.10. The second-order valence-corrected chi connectivity index (χ2v) is 7.22. The number of rotatable bonds is 3. The monoisotopic (exact) mass is 404 g/mol. The lowest BCUT2D eigenvalue weighted by atomic mass is 10.1. The Morgan fingerprint density at radius 1 is 0.839 bits per heavy atom. The van der Waals surface area contributed by atoms with E-state index in [9.17, 15) is 0 Å². The summed E-state index contributed by atoms with van der Waals surface area (Å²) in [5.41, 5.74) is 13.5. The van der Waals surface area contributed by atoms with Crippen molar-refractivity contribution in [3.63, 3.8) is 0 Å². The van der Waals surface area contributed by atoms with Crippen molar-refractivity contribution in [2.75, 3.05) is 5.73 Å². The molecule has 6 aromatic rings. The normalized spacial score (nSPS) is 11.4. The Kier molecular flexibility index (Phi) is 3.76. The van der Waals surface area contributed by atoms with Crippen LogP contribution in [0.3, 0.4) is 0 Å². The fourth-order valence-corrected chi connectivity index (χ4v) is 3.75. The maximum absolute atomic E-state index is 5.89. The molecule has 0 aliphatic carbocycles. The smallest absolute Gasteiger partial charge is 0.159 e. The van der Waals surface area contributed by atoms with Crippen molar-refractivity contribution in [1.82, 2.24) is 35.1 Å². The van der Waals surface area contributed by atoms with Crippen molar-refractivity contribution in [2.24, 2.45) is 0 Å². The Balaban J connectivity index is 1.51. The van der Waals surface area contributed by atoms with Gasteiger partial charge in [0.2, 0.25) is 0 Å². The predicted molar refractivity (Wildman–Crippen MR) is 120 cm³/mol. The third kappa shape index (κ3) is 2.89. The maximum atomic E-state index is 5.89. The first kappa shape index (κ1) is 17.3. The number of nitrogen functional groups attached to an aromatic ring is 1. The van der Waals surface area contributed by atoms with Crippen LogP contribution in [0.25, 0.3) is 55.8 Å². The molecule has 0 aliphatic heterocycles. The van der Waals surface area contributed by atoms with E-state index in [1.807, 2.05) is 48.7 Å². The van der Waals surface area contributed by atoms with Gasteiger partial charge in [0.25, 0.3) is 0 Å². The van der Waals surface area contributed by atoms with Crippen molar-refractivity contribution in [1.29, 1.82) is 0 Å². The molecule has 0 atom stereocenters. The zero-order valence-electron chi connectivity index (χ0n) is 16.2. The predicted octanol–water partition coefficient (Wildman–Crippen LogP) is 4.21. The standard InChI is InChI=1S/C23H16N8/c24-15-7-14(10-26-11-15)19-8-17-20(12-27-19)30-31-22(17)23-28-18-5-1-4-16(21(18)29-23)13-3-2-6-25-9-13/h1-12H,24H2,(H,28,29)(H,30,31). The van der Waals surface area contributed by atoms with Crippen molar-refractivity contribution < 1.29 is 0 Å². The molecule has 8 heteroatoms. The summed E-state index contributed by atoms with van der Waals surface area (Å²) in [6.07, 6.45) is 8.71. The van der Waals surface area contributed by atoms with Gasteiger partial charge in [0, 0.05) is 46.9 Å². The number of hydrogen-bond donors (Lipinski definition) is 3. The van der Waals surface area contributed by atoms with E-state index in [0.717, 1.165) is 50.0 Å². The van der Waals surface area contributed by atoms with Gasteiger partial charge in [-0.15, -0.1) is 0 Å². The van der Waals surface area contributed by atoms with Crippen LogP contribution >= 0.6 is 0 Å². The van der Waals surface area contributed by atoms with Crippen LogP contribution in [0.2, 0.25) is 0 Å². The summed E-state index contributed by atoms with van der Waals surface area (Å²) in [6, 6.07) is 13.8. The van der Waals surface area contributed by atoms with Gasteiger partial charge in [-0.05, 0) is 24.3 Å². The van der Waals surface area contributed by atoms with E-state index >= 15 is 0 Å². The fourth-order valence-electron chi connectivity index (χ4n) is 3.75. The molecule has 0 aliphatic rings. The zero-order chi connectivity index (χ0) is 20.8. The minimum atomic E-state index is 0.590. The summed E-state index contributed by atoms with van der Waals surface area (Å²) in [4.78, 5) is 21.2. The van der Waals surface area contributed by atoms with Gasteiger partial charge < -0.3 is 10.7 Å². The minimum Gasteiger partial charge on any atom is -0.397 e. The molecule has 4 N–H and O–H groups in total. The number of imidazole rings is 1. The third-order valence-corrected chi connectivity index (χ3v) is 5.21. The molecule has 8 nitrogen and oxygen atoms in total. The highest BCUT2D eigenvalue weighted by Gasteiger charge is 2.16. The van der Waals surface area contributed by atoms with Gasteiger partial charge in [-0.1, -0.05) is 18.2 Å². The van der Waals surface area contributed by atoms with Gasteiger partial charge in [0.15, 0.2) is 5.82 Å². The number of hydrogen-bond acceptors (Lipinski definition) is 6. The Hall–Kier alpha value is -4.59. The molecule has 6 rings (SSSR count). The first-order chi connectivity index (χ1) is 15.3. The Bertz CT molecular complexity index is 1550. The second-order valence-electron chi connectivity index (χ2n) is 7.22. The summed E-state index contributed by atoms with van der Waals surface area (Å²) >= 11 is 0. The average Bonchev–Trinajstić information content (AvgIpc) is 3.43. The fraction of sp³-hybridized carbons (Fsp3) is 0. The van der Waals surface area contributed by atoms with E-state index < -0.39 is 0 Å². The summed E-state index contributed by atoms with van der Waals surface area (Å²) in [7, 11) is 0. The quantitative estimate of drug-likeness (QED) is 0.406. The molecular weight excluding hydrogens is 388 g/mol. The van der Waals surface area contributed by atoms with E-state index in [2.05, 4.69) is 30.1 Å². The maximum Gasteiger partial charge on any atom is 0.159 e. The van der Waals surface area contributed by atoms with Gasteiger partial charge in [0.05, 0.1) is 34.1 Å². The summed E-state index contributed by atoms with van der Waals surface area (Å²) in [6.45, 7) is 0. The van der Waals surface area contributed by atoms with Crippen LogP contribution in [-0.4, -0.2) is 35.1 Å². The number of nitrogens with two attached hydrogens (primary N) is 1. The molecule has 5 heterocycles. The lowest BCUT2D eigenvalue weighted by Crippen LogP contribution is -1.90. The Labute approximate surface area is 176 Å². The number of nitrogens with zero attached hydrogens (tertiary/aromatic N) is 5. The number of fused-ring (bicyclic) bond motifs is 2. The summed E-state index contributed by atoms with van der Waals surface area (Å²) < 4.78 is 0. The second kappa shape index (κ2) is 6.74. The molecule has 0 spiro atoms. The molecule has 0 unspecified atom stereocenters. The molecule has 1 aromatic carbocycles. The van der Waals surface area contributed by atoms with Crippen LogP contribution < -0.4 is 5.73 Å². The molecule has 0 fully saturated rings. The molecule has 148 valence electrons. The van der Waals surface area contributed by atoms with Crippen molar-refractivity contribution >= 4 is 27.6 Å². The first-order valence-corrected chi connectivity index (χ1v) is 9.71. The largest absolute Gasteiger partial charge is 0.397 e. The van der Waals surface area contributed by atoms with Crippen LogP contribution in [0, 0.1) is 0 Å². The van der Waals surface area contributed by atoms with Gasteiger partial charge >= 0.3 is 0 Å². The molecule has 0 amide bonds. The Morgan fingerprint density at radius 3 is 2.65 bits per heavy atom. The van der Waals surface area contributed by atoms with Gasteiger partial charge in [-0.3, -0.25) is 20.1 Å². The number of H-pyrrole nitrogens is 2. The number of aromatic nitrogens is 7. The summed E-state index contributed by atoms with van der Waals surface area (Å²) in [5, 5.41) is 8.46. The van der Waals surface area contributed by atoms with Crippen LogP contribution in [0.1, 0.15) is 0 Å². The number of nitrogens with one attached hydrogen (secondary N) is 2. The molecule has 5 aromatic heterocycles. The molecular formula is C23H16N8. The highest BCUT2D eigenvalue weighted by Crippen LogP contribution is 2.32. The van der Waals surface area contributed by atoms with Crippen molar-refractivity contribution in [2.45, 2.75) is 0 Å². The summed E-state index contributed by atoms with van der Waals surface area (Å²) in [5.74, 6) is 0.681. The number of pyridine rings is 3. The number of benzene rings is 1. The SMILES string of the molecule is Nc1cncc(-c2cc3c(-c4nc5c(-c6cccnc6)cccc5[nH]4)n[nH]c3cn2)c1. The van der Waals surface area contributed by atoms with Crippen LogP contribution in [0.4, 0.5) is 5.69 Å². The highest BCUT2D eigenvalue weighted by molar-refractivity contribution is 5.97. The van der Waals surface area contributed by atoms with Gasteiger partial charge in [0.1, 0.15) is 5.69 Å². The minimum absolute atomic E-state index is 0.590. The molecule has 0 radical (unpaired) electrons. The lowest BCUT2D eigenvalue weighted by Gasteiger charge is -2.02. The van der Waals surface area contributed by atoms with E-state index in [1.165, 1.54) is 0 Å². The molecule has 0 bridgehead atoms. The molecule has 31 heavy (non-hydrogen) atoms. The topological polar surface area (TPSA) is 122 Å². The first-order valence-electron chi connectivity index (χ1n) is 9.71. The Morgan fingerprint density at radius 2 is 1.77 bits per heavy atom. The van der Waals surface area contributed by atoms with E-state index in [1.54, 1.807) is 24.8 Å². The number of aromatic amines is 2. The van der Waals surface area contributed by atoms with Crippen LogP contribution in [0.15, 0.2) is 73.4 Å². The third-order valence-electron chi connectivity index (χ3n) is 5.21. The van der Waals surface area contributed by atoms with Gasteiger partial charge in [-0.25, -0.2) is 4.98 Å². The van der Waals surface area contributed by atoms with E-state index in [0.29, 0.717) is 11.5 Å². The van der Waals surface area contributed by atoms with E-state index in [4.69, 9.17) is 10.7 Å². The van der Waals surface area contributed by atoms with Crippen molar-refractivity contribution in [3.8, 4) is 33.9 Å². The molecule has 0 saturated carbocycles. The number of anilines is 1.